The minimum absolute atomic E-state index is 0.129. The largest absolute Gasteiger partial charge is 0.392 e. The molecule has 0 spiro atoms. The molecule has 3 aromatic heterocycles. The molecule has 0 aliphatic heterocycles. The van der Waals surface area contributed by atoms with Crippen LogP contribution in [0.3, 0.4) is 0 Å². The Morgan fingerprint density at radius 2 is 2.17 bits per heavy atom. The molecule has 3 rings (SSSR count). The van der Waals surface area contributed by atoms with Crippen molar-refractivity contribution in [3.05, 3.63) is 69.7 Å². The van der Waals surface area contributed by atoms with Gasteiger partial charge in [-0.25, -0.2) is 4.98 Å². The summed E-state index contributed by atoms with van der Waals surface area (Å²) in [4.78, 5) is 22.5. The number of hydrogen-bond donors (Lipinski definition) is 3. The van der Waals surface area contributed by atoms with Gasteiger partial charge in [0, 0.05) is 34.6 Å². The maximum atomic E-state index is 12.0. The number of aryl methyl sites for hydroxylation is 1. The molecule has 0 aliphatic rings. The van der Waals surface area contributed by atoms with Crippen LogP contribution in [-0.4, -0.2) is 20.1 Å². The number of allylic oxidation sites excluding steroid dienone is 2. The van der Waals surface area contributed by atoms with Gasteiger partial charge in [-0.3, -0.25) is 4.79 Å². The molecule has 5 nitrogen and oxygen atoms in total. The number of aromatic amines is 2. The lowest BCUT2D eigenvalue weighted by molar-refractivity contribution is 0.281. The van der Waals surface area contributed by atoms with Gasteiger partial charge in [0.25, 0.3) is 5.56 Å². The Kier molecular flexibility index (Phi) is 4.59. The third-order valence-corrected chi connectivity index (χ3v) is 4.56. The SMILES string of the molecule is C=C/C=C\c1c(-c2csc(-c3cc(CO)c[nH]c3=O)n2)c[nH]c1C. The Hall–Kier alpha value is -2.70. The minimum atomic E-state index is -0.217. The third-order valence-electron chi connectivity index (χ3n) is 3.68. The van der Waals surface area contributed by atoms with E-state index in [0.29, 0.717) is 16.1 Å². The van der Waals surface area contributed by atoms with Crippen molar-refractivity contribution in [2.75, 3.05) is 0 Å². The molecule has 0 aromatic carbocycles. The predicted octanol–water partition coefficient (Wildman–Crippen LogP) is 3.49. The lowest BCUT2D eigenvalue weighted by Crippen LogP contribution is -2.09. The number of nitrogens with zero attached hydrogens (tertiary/aromatic N) is 1. The first-order chi connectivity index (χ1) is 11.6. The van der Waals surface area contributed by atoms with E-state index in [9.17, 15) is 9.90 Å². The minimum Gasteiger partial charge on any atom is -0.392 e. The molecular formula is C18H17N3O2S. The van der Waals surface area contributed by atoms with Gasteiger partial charge in [-0.15, -0.1) is 11.3 Å². The van der Waals surface area contributed by atoms with Gasteiger partial charge in [0.2, 0.25) is 0 Å². The lowest BCUT2D eigenvalue weighted by atomic mass is 10.1. The zero-order valence-electron chi connectivity index (χ0n) is 13.2. The van der Waals surface area contributed by atoms with E-state index in [0.717, 1.165) is 22.5 Å². The van der Waals surface area contributed by atoms with E-state index in [4.69, 9.17) is 0 Å². The monoisotopic (exact) mass is 339 g/mol. The van der Waals surface area contributed by atoms with Gasteiger partial charge in [-0.05, 0) is 18.6 Å². The molecular weight excluding hydrogens is 322 g/mol. The molecule has 3 N–H and O–H groups in total. The molecule has 0 unspecified atom stereocenters. The molecule has 0 bridgehead atoms. The Morgan fingerprint density at radius 1 is 1.33 bits per heavy atom. The van der Waals surface area contributed by atoms with Crippen LogP contribution in [0.5, 0.6) is 0 Å². The van der Waals surface area contributed by atoms with Crippen LogP contribution in [0, 0.1) is 6.92 Å². The highest BCUT2D eigenvalue weighted by Gasteiger charge is 2.14. The van der Waals surface area contributed by atoms with Crippen LogP contribution >= 0.6 is 11.3 Å². The summed E-state index contributed by atoms with van der Waals surface area (Å²) in [5, 5.41) is 11.8. The Morgan fingerprint density at radius 3 is 2.92 bits per heavy atom. The molecule has 6 heteroatoms. The maximum Gasteiger partial charge on any atom is 0.258 e. The fraction of sp³-hybridized carbons (Fsp3) is 0.111. The molecule has 0 aliphatic carbocycles. The van der Waals surface area contributed by atoms with Gasteiger partial charge in [0.05, 0.1) is 17.9 Å². The summed E-state index contributed by atoms with van der Waals surface area (Å²) in [6.45, 7) is 5.56. The second-order valence-corrected chi connectivity index (χ2v) is 6.14. The van der Waals surface area contributed by atoms with Gasteiger partial charge in [0.15, 0.2) is 0 Å². The van der Waals surface area contributed by atoms with Crippen LogP contribution in [0.4, 0.5) is 0 Å². The number of aliphatic hydroxyl groups excluding tert-OH is 1. The summed E-state index contributed by atoms with van der Waals surface area (Å²) in [7, 11) is 0. The number of thiazole rings is 1. The highest BCUT2D eigenvalue weighted by atomic mass is 32.1. The zero-order valence-corrected chi connectivity index (χ0v) is 14.0. The number of H-pyrrole nitrogens is 2. The van der Waals surface area contributed by atoms with Crippen molar-refractivity contribution in [3.8, 4) is 21.8 Å². The first-order valence-corrected chi connectivity index (χ1v) is 8.27. The molecule has 0 atom stereocenters. The van der Waals surface area contributed by atoms with Crippen molar-refractivity contribution in [2.24, 2.45) is 0 Å². The first-order valence-electron chi connectivity index (χ1n) is 7.40. The Bertz CT molecular complexity index is 963. The highest BCUT2D eigenvalue weighted by Crippen LogP contribution is 2.31. The van der Waals surface area contributed by atoms with Crippen molar-refractivity contribution in [1.29, 1.82) is 0 Å². The van der Waals surface area contributed by atoms with E-state index in [1.807, 2.05) is 30.7 Å². The fourth-order valence-corrected chi connectivity index (χ4v) is 3.26. The van der Waals surface area contributed by atoms with E-state index in [1.165, 1.54) is 17.5 Å². The Labute approximate surface area is 143 Å². The summed E-state index contributed by atoms with van der Waals surface area (Å²) >= 11 is 1.40. The van der Waals surface area contributed by atoms with Crippen molar-refractivity contribution >= 4 is 17.4 Å². The van der Waals surface area contributed by atoms with Gasteiger partial charge < -0.3 is 15.1 Å². The van der Waals surface area contributed by atoms with Crippen LogP contribution < -0.4 is 5.56 Å². The second-order valence-electron chi connectivity index (χ2n) is 5.28. The van der Waals surface area contributed by atoms with Gasteiger partial charge >= 0.3 is 0 Å². The van der Waals surface area contributed by atoms with Crippen LogP contribution in [0.1, 0.15) is 16.8 Å². The van der Waals surface area contributed by atoms with Crippen molar-refractivity contribution < 1.29 is 5.11 Å². The number of hydrogen-bond acceptors (Lipinski definition) is 4. The molecule has 24 heavy (non-hydrogen) atoms. The van der Waals surface area contributed by atoms with Gasteiger partial charge in [0.1, 0.15) is 5.01 Å². The zero-order chi connectivity index (χ0) is 17.1. The van der Waals surface area contributed by atoms with Gasteiger partial charge in [-0.2, -0.15) is 0 Å². The van der Waals surface area contributed by atoms with Crippen LogP contribution in [-0.2, 0) is 6.61 Å². The summed E-state index contributed by atoms with van der Waals surface area (Å²) in [5.74, 6) is 0. The third kappa shape index (κ3) is 3.02. The van der Waals surface area contributed by atoms with E-state index in [1.54, 1.807) is 12.1 Å². The molecule has 122 valence electrons. The second kappa shape index (κ2) is 6.82. The molecule has 0 radical (unpaired) electrons. The smallest absolute Gasteiger partial charge is 0.258 e. The number of nitrogens with one attached hydrogen (secondary N) is 2. The fourth-order valence-electron chi connectivity index (χ4n) is 2.43. The quantitative estimate of drug-likeness (QED) is 0.622. The average Bonchev–Trinajstić information content (AvgIpc) is 3.20. The van der Waals surface area contributed by atoms with E-state index in [-0.39, 0.29) is 12.2 Å². The topological polar surface area (TPSA) is 81.8 Å². The van der Waals surface area contributed by atoms with E-state index >= 15 is 0 Å². The van der Waals surface area contributed by atoms with Crippen molar-refractivity contribution in [3.63, 3.8) is 0 Å². The summed E-state index contributed by atoms with van der Waals surface area (Å²) in [5.41, 5.74) is 4.76. The molecule has 0 amide bonds. The molecule has 3 aromatic rings. The van der Waals surface area contributed by atoms with Crippen LogP contribution in [0.15, 0.2) is 47.4 Å². The molecule has 0 saturated carbocycles. The highest BCUT2D eigenvalue weighted by molar-refractivity contribution is 7.13. The lowest BCUT2D eigenvalue weighted by Gasteiger charge is -1.99. The van der Waals surface area contributed by atoms with E-state index < -0.39 is 0 Å². The number of rotatable bonds is 5. The summed E-state index contributed by atoms with van der Waals surface area (Å²) in [6.07, 6.45) is 9.00. The Balaban J connectivity index is 2.05. The van der Waals surface area contributed by atoms with Crippen molar-refractivity contribution in [2.45, 2.75) is 13.5 Å². The molecule has 3 heterocycles. The van der Waals surface area contributed by atoms with Crippen LogP contribution in [0.2, 0.25) is 0 Å². The van der Waals surface area contributed by atoms with Gasteiger partial charge in [-0.1, -0.05) is 24.8 Å². The van der Waals surface area contributed by atoms with Crippen molar-refractivity contribution in [1.82, 2.24) is 15.0 Å². The number of aromatic nitrogens is 3. The maximum absolute atomic E-state index is 12.0. The van der Waals surface area contributed by atoms with Crippen LogP contribution in [0.25, 0.3) is 27.9 Å². The number of pyridine rings is 1. The number of aliphatic hydroxyl groups is 1. The average molecular weight is 339 g/mol. The standard InChI is InChI=1S/C18H17N3O2S/c1-3-4-5-13-11(2)19-8-15(13)16-10-24-18(21-16)14-6-12(9-22)7-20-17(14)23/h3-8,10,19,22H,1,9H2,2H3,(H,20,23)/b5-4-. The normalized spacial score (nSPS) is 11.2. The predicted molar refractivity (Wildman–Crippen MR) is 97.8 cm³/mol. The van der Waals surface area contributed by atoms with E-state index in [2.05, 4.69) is 21.5 Å². The summed E-state index contributed by atoms with van der Waals surface area (Å²) in [6, 6.07) is 1.67. The first kappa shape index (κ1) is 16.2. The molecule has 0 fully saturated rings. The summed E-state index contributed by atoms with van der Waals surface area (Å²) < 4.78 is 0. The molecule has 0 saturated heterocycles.